The van der Waals surface area contributed by atoms with Crippen LogP contribution in [0, 0.1) is 0 Å². The zero-order valence-electron chi connectivity index (χ0n) is 9.57. The van der Waals surface area contributed by atoms with Gasteiger partial charge in [-0.05, 0) is 11.6 Å². The summed E-state index contributed by atoms with van der Waals surface area (Å²) in [5.74, 6) is -0.383. The Kier molecular flexibility index (Phi) is 3.76. The van der Waals surface area contributed by atoms with Gasteiger partial charge in [-0.25, -0.2) is 8.78 Å². The summed E-state index contributed by atoms with van der Waals surface area (Å²) in [5.41, 5.74) is 1.90. The average molecular weight is 256 g/mol. The molecular formula is C12H14F2N2O2. The first kappa shape index (κ1) is 12.8. The number of alkyl halides is 2. The molecule has 2 rings (SSSR count). The Labute approximate surface area is 103 Å². The van der Waals surface area contributed by atoms with Crippen LogP contribution in [0.2, 0.25) is 0 Å². The lowest BCUT2D eigenvalue weighted by molar-refractivity contribution is -0.122. The molecule has 0 aliphatic carbocycles. The van der Waals surface area contributed by atoms with E-state index in [1.54, 1.807) is 0 Å². The number of benzene rings is 1. The van der Waals surface area contributed by atoms with Gasteiger partial charge >= 0.3 is 0 Å². The maximum absolute atomic E-state index is 12.1. The number of amides is 1. The van der Waals surface area contributed by atoms with Crippen LogP contribution in [0.15, 0.2) is 24.3 Å². The van der Waals surface area contributed by atoms with Crippen molar-refractivity contribution < 1.29 is 18.7 Å². The highest BCUT2D eigenvalue weighted by molar-refractivity contribution is 5.87. The van der Waals surface area contributed by atoms with E-state index in [4.69, 9.17) is 5.11 Å². The Balaban J connectivity index is 1.86. The number of fused-ring (bicyclic) bond motifs is 1. The largest absolute Gasteiger partial charge is 0.385 e. The molecule has 2 unspecified atom stereocenters. The number of aliphatic hydroxyl groups is 1. The first-order valence-corrected chi connectivity index (χ1v) is 5.66. The highest BCUT2D eigenvalue weighted by Crippen LogP contribution is 2.24. The topological polar surface area (TPSA) is 61.4 Å². The lowest BCUT2D eigenvalue weighted by atomic mass is 10.1. The van der Waals surface area contributed by atoms with E-state index >= 15 is 0 Å². The zero-order valence-corrected chi connectivity index (χ0v) is 9.57. The molecule has 1 amide bonds. The molecule has 1 heterocycles. The van der Waals surface area contributed by atoms with Crippen LogP contribution in [0.3, 0.4) is 0 Å². The maximum Gasteiger partial charge on any atom is 0.265 e. The highest BCUT2D eigenvalue weighted by Gasteiger charge is 2.27. The van der Waals surface area contributed by atoms with Crippen LogP contribution in [0.4, 0.5) is 14.5 Å². The maximum atomic E-state index is 12.1. The third kappa shape index (κ3) is 2.76. The molecule has 0 saturated carbocycles. The molecule has 4 nitrogen and oxygen atoms in total. The van der Waals surface area contributed by atoms with Crippen molar-refractivity contribution in [1.82, 2.24) is 5.32 Å². The number of anilines is 1. The molecule has 18 heavy (non-hydrogen) atoms. The van der Waals surface area contributed by atoms with E-state index in [-0.39, 0.29) is 5.91 Å². The molecule has 1 aliphatic heterocycles. The van der Waals surface area contributed by atoms with Crippen LogP contribution >= 0.6 is 0 Å². The van der Waals surface area contributed by atoms with Crippen molar-refractivity contribution in [2.75, 3.05) is 11.9 Å². The van der Waals surface area contributed by atoms with Crippen LogP contribution in [0.25, 0.3) is 0 Å². The number of rotatable bonds is 4. The van der Waals surface area contributed by atoms with Gasteiger partial charge in [0.05, 0.1) is 0 Å². The van der Waals surface area contributed by atoms with Crippen molar-refractivity contribution in [2.24, 2.45) is 0 Å². The highest BCUT2D eigenvalue weighted by atomic mass is 19.3. The Morgan fingerprint density at radius 1 is 1.50 bits per heavy atom. The number of hydrogen-bond donors (Lipinski definition) is 3. The number of hydrogen-bond acceptors (Lipinski definition) is 3. The average Bonchev–Trinajstić information content (AvgIpc) is 2.79. The van der Waals surface area contributed by atoms with Crippen molar-refractivity contribution in [3.8, 4) is 0 Å². The molecule has 3 N–H and O–H groups in total. The number of halogens is 2. The summed E-state index contributed by atoms with van der Waals surface area (Å²) < 4.78 is 24.1. The van der Waals surface area contributed by atoms with Gasteiger partial charge in [-0.3, -0.25) is 4.79 Å². The van der Waals surface area contributed by atoms with Gasteiger partial charge < -0.3 is 15.7 Å². The Bertz CT molecular complexity index is 415. The Morgan fingerprint density at radius 3 is 2.89 bits per heavy atom. The van der Waals surface area contributed by atoms with Gasteiger partial charge in [0.1, 0.15) is 12.1 Å². The molecule has 1 aliphatic rings. The van der Waals surface area contributed by atoms with Crippen molar-refractivity contribution >= 4 is 11.6 Å². The molecule has 1 aromatic carbocycles. The minimum Gasteiger partial charge on any atom is -0.385 e. The van der Waals surface area contributed by atoms with Gasteiger partial charge in [-0.1, -0.05) is 18.2 Å². The molecule has 0 bridgehead atoms. The molecule has 0 radical (unpaired) electrons. The number of carbonyl (C=O) groups is 1. The fraction of sp³-hybridized carbons (Fsp3) is 0.417. The standard InChI is InChI=1S/C12H14F2N2O2/c13-11(14)10(17)6-15-12(18)9-5-7-3-1-2-4-8(7)16-9/h1-4,9-11,16-17H,5-6H2,(H,15,18). The third-order valence-corrected chi connectivity index (χ3v) is 2.86. The molecule has 2 atom stereocenters. The summed E-state index contributed by atoms with van der Waals surface area (Å²) in [4.78, 5) is 11.7. The Morgan fingerprint density at radius 2 is 2.22 bits per heavy atom. The van der Waals surface area contributed by atoms with Crippen LogP contribution in [0.1, 0.15) is 5.56 Å². The SMILES string of the molecule is O=C(NCC(O)C(F)F)C1Cc2ccccc2N1. The minimum atomic E-state index is -2.85. The summed E-state index contributed by atoms with van der Waals surface area (Å²) in [7, 11) is 0. The van der Waals surface area contributed by atoms with Crippen molar-refractivity contribution in [3.05, 3.63) is 29.8 Å². The smallest absolute Gasteiger partial charge is 0.265 e. The second kappa shape index (κ2) is 5.30. The van der Waals surface area contributed by atoms with Crippen LogP contribution in [-0.4, -0.2) is 36.1 Å². The normalized spacial score (nSPS) is 19.2. The second-order valence-corrected chi connectivity index (χ2v) is 4.21. The minimum absolute atomic E-state index is 0.383. The molecule has 98 valence electrons. The summed E-state index contributed by atoms with van der Waals surface area (Å²) in [5, 5.41) is 14.2. The summed E-state index contributed by atoms with van der Waals surface area (Å²) >= 11 is 0. The monoisotopic (exact) mass is 256 g/mol. The number of aliphatic hydroxyl groups excluding tert-OH is 1. The number of carbonyl (C=O) groups excluding carboxylic acids is 1. The third-order valence-electron chi connectivity index (χ3n) is 2.86. The lowest BCUT2D eigenvalue weighted by Crippen LogP contribution is -2.43. The van der Waals surface area contributed by atoms with Crippen molar-refractivity contribution in [3.63, 3.8) is 0 Å². The fourth-order valence-electron chi connectivity index (χ4n) is 1.87. The lowest BCUT2D eigenvalue weighted by Gasteiger charge is -2.14. The first-order chi connectivity index (χ1) is 8.58. The quantitative estimate of drug-likeness (QED) is 0.745. The Hall–Kier alpha value is -1.69. The van der Waals surface area contributed by atoms with E-state index in [0.29, 0.717) is 6.42 Å². The van der Waals surface area contributed by atoms with E-state index in [0.717, 1.165) is 11.3 Å². The molecule has 0 spiro atoms. The molecular weight excluding hydrogens is 242 g/mol. The van der Waals surface area contributed by atoms with E-state index in [1.165, 1.54) is 0 Å². The van der Waals surface area contributed by atoms with Gasteiger partial charge in [-0.2, -0.15) is 0 Å². The summed E-state index contributed by atoms with van der Waals surface area (Å²) in [6, 6.07) is 7.03. The van der Waals surface area contributed by atoms with E-state index in [9.17, 15) is 13.6 Å². The van der Waals surface area contributed by atoms with E-state index < -0.39 is 25.1 Å². The fourth-order valence-corrected chi connectivity index (χ4v) is 1.87. The summed E-state index contributed by atoms with van der Waals surface area (Å²) in [6.45, 7) is -0.439. The zero-order chi connectivity index (χ0) is 13.1. The molecule has 1 aromatic rings. The van der Waals surface area contributed by atoms with Gasteiger partial charge in [0.25, 0.3) is 6.43 Å². The molecule has 6 heteroatoms. The van der Waals surface area contributed by atoms with Crippen molar-refractivity contribution in [1.29, 1.82) is 0 Å². The molecule has 0 fully saturated rings. The predicted octanol–water partition coefficient (Wildman–Crippen LogP) is 0.765. The van der Waals surface area contributed by atoms with E-state index in [1.807, 2.05) is 24.3 Å². The van der Waals surface area contributed by atoms with Gasteiger partial charge in [0.15, 0.2) is 0 Å². The number of nitrogens with one attached hydrogen (secondary N) is 2. The van der Waals surface area contributed by atoms with Crippen LogP contribution in [-0.2, 0) is 11.2 Å². The van der Waals surface area contributed by atoms with Gasteiger partial charge in [0, 0.05) is 18.7 Å². The van der Waals surface area contributed by atoms with E-state index in [2.05, 4.69) is 10.6 Å². The molecule has 0 saturated heterocycles. The second-order valence-electron chi connectivity index (χ2n) is 4.21. The van der Waals surface area contributed by atoms with Gasteiger partial charge in [-0.15, -0.1) is 0 Å². The van der Waals surface area contributed by atoms with Crippen LogP contribution in [0.5, 0.6) is 0 Å². The van der Waals surface area contributed by atoms with Crippen molar-refractivity contribution in [2.45, 2.75) is 25.0 Å². The first-order valence-electron chi connectivity index (χ1n) is 5.66. The summed E-state index contributed by atoms with van der Waals surface area (Å²) in [6.07, 6.45) is -4.15. The predicted molar refractivity (Wildman–Crippen MR) is 62.6 cm³/mol. The number of para-hydroxylation sites is 1. The van der Waals surface area contributed by atoms with Crippen LogP contribution < -0.4 is 10.6 Å². The van der Waals surface area contributed by atoms with Gasteiger partial charge in [0.2, 0.25) is 5.91 Å². The molecule has 0 aromatic heterocycles.